The topological polar surface area (TPSA) is 32.7 Å². The fourth-order valence-electron chi connectivity index (χ4n) is 0.933. The second-order valence-corrected chi connectivity index (χ2v) is 2.78. The van der Waals surface area contributed by atoms with E-state index < -0.39 is 0 Å². The molecule has 0 bridgehead atoms. The smallest absolute Gasteiger partial charge is 0.208 e. The molecule has 0 spiro atoms. The van der Waals surface area contributed by atoms with Crippen LogP contribution in [0.5, 0.6) is 0 Å². The number of benzene rings is 1. The molecule has 3 nitrogen and oxygen atoms in total. The Morgan fingerprint density at radius 1 is 1.36 bits per heavy atom. The molecule has 0 aliphatic heterocycles. The van der Waals surface area contributed by atoms with Gasteiger partial charge in [0.15, 0.2) is 0 Å². The van der Waals surface area contributed by atoms with Crippen molar-refractivity contribution >= 4 is 6.08 Å². The Morgan fingerprint density at radius 3 is 2.57 bits per heavy atom. The Balaban J connectivity index is 2.56. The maximum atomic E-state index is 9.41. The van der Waals surface area contributed by atoms with Gasteiger partial charge in [0.05, 0.1) is 7.11 Å². The molecule has 75 valence electrons. The van der Waals surface area contributed by atoms with Gasteiger partial charge >= 0.3 is 0 Å². The van der Waals surface area contributed by atoms with E-state index in [4.69, 9.17) is 4.84 Å². The van der Waals surface area contributed by atoms with E-state index in [2.05, 4.69) is 0 Å². The molecule has 0 fully saturated rings. The summed E-state index contributed by atoms with van der Waals surface area (Å²) >= 11 is 0. The fourth-order valence-corrected chi connectivity index (χ4v) is 0.933. The minimum absolute atomic E-state index is 0.0661. The van der Waals surface area contributed by atoms with Gasteiger partial charge in [-0.05, 0) is 11.6 Å². The lowest BCUT2D eigenvalue weighted by atomic mass is 10.2. The molecule has 1 rings (SSSR count). The first-order chi connectivity index (χ1) is 6.74. The number of rotatable bonds is 4. The standard InChI is InChI=1S/C11H14NO2/c1-12(14-2)11(13)9-8-10-6-4-3-5-7-10/h3-9,13H,1-2H3. The number of likely N-dealkylation sites (N-methyl/N-ethyl adjacent to an activating group) is 1. The normalized spacial score (nSPS) is 11.8. The van der Waals surface area contributed by atoms with Crippen molar-refractivity contribution in [2.45, 2.75) is 0 Å². The van der Waals surface area contributed by atoms with E-state index in [1.165, 1.54) is 12.2 Å². The van der Waals surface area contributed by atoms with Crippen LogP contribution >= 0.6 is 0 Å². The summed E-state index contributed by atoms with van der Waals surface area (Å²) in [5.74, 6) is 0. The molecule has 0 amide bonds. The van der Waals surface area contributed by atoms with Crippen LogP contribution in [0.4, 0.5) is 0 Å². The number of hydroxylamine groups is 2. The zero-order valence-electron chi connectivity index (χ0n) is 8.34. The molecule has 1 aromatic rings. The molecule has 1 N–H and O–H groups in total. The van der Waals surface area contributed by atoms with Crippen molar-refractivity contribution in [1.29, 1.82) is 0 Å². The van der Waals surface area contributed by atoms with Crippen molar-refractivity contribution in [2.75, 3.05) is 14.2 Å². The van der Waals surface area contributed by atoms with Gasteiger partial charge in [-0.15, -0.1) is 0 Å². The predicted octanol–water partition coefficient (Wildman–Crippen LogP) is 2.05. The summed E-state index contributed by atoms with van der Waals surface area (Å²) in [6.45, 7) is 0. The molecular formula is C11H14NO2. The van der Waals surface area contributed by atoms with Gasteiger partial charge in [0.25, 0.3) is 0 Å². The maximum Gasteiger partial charge on any atom is 0.208 e. The highest BCUT2D eigenvalue weighted by atomic mass is 16.7. The van der Waals surface area contributed by atoms with E-state index in [-0.39, 0.29) is 6.23 Å². The first kappa shape index (κ1) is 10.9. The summed E-state index contributed by atoms with van der Waals surface area (Å²) in [6, 6.07) is 9.74. The van der Waals surface area contributed by atoms with Crippen molar-refractivity contribution in [2.24, 2.45) is 0 Å². The third-order valence-corrected chi connectivity index (χ3v) is 1.82. The lowest BCUT2D eigenvalue weighted by Gasteiger charge is -2.15. The number of nitrogens with zero attached hydrogens (tertiary/aromatic N) is 1. The SMILES string of the molecule is CON(C)[C](O)C=Cc1ccccc1. The molecule has 0 aliphatic rings. The van der Waals surface area contributed by atoms with Gasteiger partial charge < -0.3 is 5.11 Å². The molecule has 0 atom stereocenters. The van der Waals surface area contributed by atoms with Crippen molar-refractivity contribution in [3.8, 4) is 0 Å². The Morgan fingerprint density at radius 2 is 2.00 bits per heavy atom. The van der Waals surface area contributed by atoms with Gasteiger partial charge in [-0.3, -0.25) is 4.84 Å². The van der Waals surface area contributed by atoms with Gasteiger partial charge in [0, 0.05) is 7.05 Å². The van der Waals surface area contributed by atoms with Crippen LogP contribution in [0.3, 0.4) is 0 Å². The minimum Gasteiger partial charge on any atom is -0.366 e. The Bertz CT molecular complexity index is 285. The lowest BCUT2D eigenvalue weighted by molar-refractivity contribution is -0.136. The highest BCUT2D eigenvalue weighted by Crippen LogP contribution is 2.07. The van der Waals surface area contributed by atoms with Crippen molar-refractivity contribution in [3.05, 3.63) is 48.2 Å². The summed E-state index contributed by atoms with van der Waals surface area (Å²) in [4.78, 5) is 4.80. The average Bonchev–Trinajstić information content (AvgIpc) is 2.26. The second kappa shape index (κ2) is 5.54. The molecule has 1 radical (unpaired) electrons. The zero-order chi connectivity index (χ0) is 10.4. The first-order valence-electron chi connectivity index (χ1n) is 4.31. The summed E-state index contributed by atoms with van der Waals surface area (Å²) in [6.07, 6.45) is 3.46. The van der Waals surface area contributed by atoms with E-state index in [1.807, 2.05) is 36.4 Å². The maximum absolute atomic E-state index is 9.41. The first-order valence-corrected chi connectivity index (χ1v) is 4.31. The molecule has 0 aromatic heterocycles. The van der Waals surface area contributed by atoms with Crippen LogP contribution < -0.4 is 0 Å². The molecule has 0 saturated carbocycles. The molecule has 14 heavy (non-hydrogen) atoms. The zero-order valence-corrected chi connectivity index (χ0v) is 8.34. The number of aliphatic hydroxyl groups is 1. The van der Waals surface area contributed by atoms with Gasteiger partial charge in [-0.2, -0.15) is 5.06 Å². The molecule has 0 saturated heterocycles. The number of hydrogen-bond donors (Lipinski definition) is 1. The van der Waals surface area contributed by atoms with Crippen molar-refractivity contribution < 1.29 is 9.94 Å². The highest BCUT2D eigenvalue weighted by Gasteiger charge is 2.06. The molecule has 1 aromatic carbocycles. The van der Waals surface area contributed by atoms with Gasteiger partial charge in [0.2, 0.25) is 6.23 Å². The molecule has 0 aliphatic carbocycles. The fraction of sp³-hybridized carbons (Fsp3) is 0.182. The predicted molar refractivity (Wildman–Crippen MR) is 55.4 cm³/mol. The largest absolute Gasteiger partial charge is 0.366 e. The summed E-state index contributed by atoms with van der Waals surface area (Å²) in [7, 11) is 3.12. The van der Waals surface area contributed by atoms with E-state index in [0.717, 1.165) is 5.56 Å². The third kappa shape index (κ3) is 3.30. The van der Waals surface area contributed by atoms with Crippen LogP contribution in [0.25, 0.3) is 6.08 Å². The van der Waals surface area contributed by atoms with Crippen molar-refractivity contribution in [1.82, 2.24) is 5.06 Å². The summed E-state index contributed by atoms with van der Waals surface area (Å²) in [5, 5.41) is 10.7. The van der Waals surface area contributed by atoms with Crippen molar-refractivity contribution in [3.63, 3.8) is 0 Å². The molecular weight excluding hydrogens is 178 g/mol. The van der Waals surface area contributed by atoms with E-state index >= 15 is 0 Å². The summed E-state index contributed by atoms with van der Waals surface area (Å²) in [5.41, 5.74) is 1.03. The van der Waals surface area contributed by atoms with E-state index in [0.29, 0.717) is 0 Å². The van der Waals surface area contributed by atoms with Gasteiger partial charge in [-0.1, -0.05) is 36.4 Å². The minimum atomic E-state index is 0.0661. The lowest BCUT2D eigenvalue weighted by Crippen LogP contribution is -2.20. The van der Waals surface area contributed by atoms with Crippen LogP contribution in [0, 0.1) is 6.23 Å². The monoisotopic (exact) mass is 192 g/mol. The molecule has 3 heteroatoms. The Labute approximate surface area is 84.2 Å². The average molecular weight is 192 g/mol. The van der Waals surface area contributed by atoms with Crippen LogP contribution in [0.15, 0.2) is 36.4 Å². The summed E-state index contributed by atoms with van der Waals surface area (Å²) < 4.78 is 0. The number of aliphatic hydroxyl groups excluding tert-OH is 1. The third-order valence-electron chi connectivity index (χ3n) is 1.82. The molecule has 0 heterocycles. The highest BCUT2D eigenvalue weighted by molar-refractivity contribution is 5.50. The van der Waals surface area contributed by atoms with E-state index in [1.54, 1.807) is 13.1 Å². The van der Waals surface area contributed by atoms with E-state index in [9.17, 15) is 5.11 Å². The van der Waals surface area contributed by atoms with Crippen LogP contribution in [0.1, 0.15) is 5.56 Å². The van der Waals surface area contributed by atoms with Gasteiger partial charge in [-0.25, -0.2) is 0 Å². The van der Waals surface area contributed by atoms with Crippen LogP contribution in [0.2, 0.25) is 0 Å². The Kier molecular flexibility index (Phi) is 4.32. The molecule has 0 unspecified atom stereocenters. The van der Waals surface area contributed by atoms with Crippen LogP contribution in [-0.4, -0.2) is 24.3 Å². The van der Waals surface area contributed by atoms with Gasteiger partial charge in [0.1, 0.15) is 0 Å². The van der Waals surface area contributed by atoms with Crippen LogP contribution in [-0.2, 0) is 4.84 Å². The second-order valence-electron chi connectivity index (χ2n) is 2.78. The Hall–Kier alpha value is -1.16. The quantitative estimate of drug-likeness (QED) is 0.741. The number of hydrogen-bond acceptors (Lipinski definition) is 3.